The van der Waals surface area contributed by atoms with E-state index in [9.17, 15) is 0 Å². The third-order valence-electron chi connectivity index (χ3n) is 1.94. The molecule has 13 heavy (non-hydrogen) atoms. The van der Waals surface area contributed by atoms with Gasteiger partial charge in [-0.25, -0.2) is 0 Å². The fraction of sp³-hybridized carbons (Fsp3) is 0.250. The Bertz CT molecular complexity index is 284. The largest absolute Gasteiger partial charge is 0.260 e. The number of allylic oxidation sites excluding steroid dienone is 5. The van der Waals surface area contributed by atoms with Crippen molar-refractivity contribution in [1.29, 1.82) is 0 Å². The predicted octanol–water partition coefficient (Wildman–Crippen LogP) is 3.28. The van der Waals surface area contributed by atoms with Gasteiger partial charge >= 0.3 is 0 Å². The molecular weight excluding hydrogens is 158 g/mol. The molecule has 0 radical (unpaired) electrons. The third kappa shape index (κ3) is 2.28. The summed E-state index contributed by atoms with van der Waals surface area (Å²) in [6.45, 7) is 11.7. The SMILES string of the molecule is C=CC1=C(C=C)N=CC(C)(C)C=C1. The topological polar surface area (TPSA) is 12.4 Å². The zero-order valence-corrected chi connectivity index (χ0v) is 8.25. The van der Waals surface area contributed by atoms with Crippen molar-refractivity contribution in [3.8, 4) is 0 Å². The van der Waals surface area contributed by atoms with Crippen molar-refractivity contribution in [3.05, 3.63) is 48.7 Å². The lowest BCUT2D eigenvalue weighted by Gasteiger charge is -2.10. The Kier molecular flexibility index (Phi) is 2.66. The van der Waals surface area contributed by atoms with Gasteiger partial charge in [0.1, 0.15) is 0 Å². The van der Waals surface area contributed by atoms with Gasteiger partial charge in [0.05, 0.1) is 5.70 Å². The summed E-state index contributed by atoms with van der Waals surface area (Å²) in [5.74, 6) is 0. The lowest BCUT2D eigenvalue weighted by Crippen LogP contribution is -2.07. The minimum absolute atomic E-state index is 0.0129. The van der Waals surface area contributed by atoms with Gasteiger partial charge < -0.3 is 0 Å². The van der Waals surface area contributed by atoms with E-state index in [2.05, 4.69) is 38.1 Å². The van der Waals surface area contributed by atoms with Crippen molar-refractivity contribution >= 4 is 6.21 Å². The lowest BCUT2D eigenvalue weighted by atomic mass is 9.94. The van der Waals surface area contributed by atoms with E-state index in [0.717, 1.165) is 11.3 Å². The van der Waals surface area contributed by atoms with Crippen LogP contribution in [0, 0.1) is 5.41 Å². The maximum absolute atomic E-state index is 4.35. The van der Waals surface area contributed by atoms with Crippen molar-refractivity contribution in [1.82, 2.24) is 0 Å². The molecule has 0 aromatic rings. The number of rotatable bonds is 2. The fourth-order valence-corrected chi connectivity index (χ4v) is 1.09. The van der Waals surface area contributed by atoms with Crippen LogP contribution in [0.5, 0.6) is 0 Å². The number of hydrogen-bond donors (Lipinski definition) is 0. The summed E-state index contributed by atoms with van der Waals surface area (Å²) in [5, 5.41) is 0. The smallest absolute Gasteiger partial charge is 0.0692 e. The zero-order valence-electron chi connectivity index (χ0n) is 8.25. The van der Waals surface area contributed by atoms with Crippen LogP contribution < -0.4 is 0 Å². The van der Waals surface area contributed by atoms with Crippen LogP contribution in [0.3, 0.4) is 0 Å². The number of hydrogen-bond acceptors (Lipinski definition) is 1. The van der Waals surface area contributed by atoms with Gasteiger partial charge in [0.15, 0.2) is 0 Å². The summed E-state index contributed by atoms with van der Waals surface area (Å²) >= 11 is 0. The first-order valence-corrected chi connectivity index (χ1v) is 4.33. The quantitative estimate of drug-likeness (QED) is 0.607. The van der Waals surface area contributed by atoms with Crippen molar-refractivity contribution in [2.24, 2.45) is 10.4 Å². The van der Waals surface area contributed by atoms with Gasteiger partial charge in [0, 0.05) is 11.6 Å². The van der Waals surface area contributed by atoms with Crippen molar-refractivity contribution in [2.45, 2.75) is 13.8 Å². The zero-order chi connectivity index (χ0) is 9.90. The molecule has 0 aliphatic carbocycles. The summed E-state index contributed by atoms with van der Waals surface area (Å²) in [4.78, 5) is 4.35. The van der Waals surface area contributed by atoms with E-state index in [1.165, 1.54) is 0 Å². The van der Waals surface area contributed by atoms with E-state index in [-0.39, 0.29) is 5.41 Å². The van der Waals surface area contributed by atoms with Crippen LogP contribution >= 0.6 is 0 Å². The van der Waals surface area contributed by atoms with E-state index in [4.69, 9.17) is 0 Å². The maximum atomic E-state index is 4.35. The molecule has 1 aliphatic heterocycles. The van der Waals surface area contributed by atoms with Gasteiger partial charge in [-0.1, -0.05) is 45.2 Å². The summed E-state index contributed by atoms with van der Waals surface area (Å²) in [6.07, 6.45) is 9.63. The average molecular weight is 173 g/mol. The normalized spacial score (nSPS) is 19.8. The molecule has 0 amide bonds. The van der Waals surface area contributed by atoms with Crippen molar-refractivity contribution < 1.29 is 0 Å². The van der Waals surface area contributed by atoms with Crippen molar-refractivity contribution in [3.63, 3.8) is 0 Å². The minimum Gasteiger partial charge on any atom is -0.260 e. The molecule has 0 bridgehead atoms. The summed E-state index contributed by atoms with van der Waals surface area (Å²) in [5.41, 5.74) is 1.92. The molecule has 0 atom stereocenters. The van der Waals surface area contributed by atoms with E-state index in [0.29, 0.717) is 0 Å². The Balaban J connectivity index is 3.16. The summed E-state index contributed by atoms with van der Waals surface area (Å²) < 4.78 is 0. The first-order valence-electron chi connectivity index (χ1n) is 4.33. The summed E-state index contributed by atoms with van der Waals surface area (Å²) in [6, 6.07) is 0. The minimum atomic E-state index is 0.0129. The number of nitrogens with zero attached hydrogens (tertiary/aromatic N) is 1. The molecule has 0 saturated carbocycles. The van der Waals surface area contributed by atoms with Crippen LogP contribution in [0.15, 0.2) is 53.7 Å². The van der Waals surface area contributed by atoms with E-state index in [1.807, 2.05) is 12.3 Å². The molecule has 1 nitrogen and oxygen atoms in total. The molecule has 1 heterocycles. The van der Waals surface area contributed by atoms with Gasteiger partial charge in [-0.2, -0.15) is 0 Å². The standard InChI is InChI=1S/C12H15N/c1-5-10-7-8-12(3,4)9-13-11(10)6-2/h5-9H,1-2H2,3-4H3. The highest BCUT2D eigenvalue weighted by atomic mass is 14.7. The molecule has 0 N–H and O–H groups in total. The molecule has 0 unspecified atom stereocenters. The highest BCUT2D eigenvalue weighted by molar-refractivity contribution is 5.71. The Morgan fingerprint density at radius 1 is 1.31 bits per heavy atom. The Morgan fingerprint density at radius 3 is 2.54 bits per heavy atom. The Labute approximate surface area is 79.9 Å². The van der Waals surface area contributed by atoms with Crippen LogP contribution in [0.25, 0.3) is 0 Å². The van der Waals surface area contributed by atoms with E-state index in [1.54, 1.807) is 12.2 Å². The van der Waals surface area contributed by atoms with Crippen LogP contribution in [0.2, 0.25) is 0 Å². The van der Waals surface area contributed by atoms with Crippen molar-refractivity contribution in [2.75, 3.05) is 0 Å². The Morgan fingerprint density at radius 2 is 2.00 bits per heavy atom. The molecular formula is C12H15N. The molecule has 1 rings (SSSR count). The third-order valence-corrected chi connectivity index (χ3v) is 1.94. The number of aliphatic imine (C=N–C) groups is 1. The van der Waals surface area contributed by atoms with Gasteiger partial charge in [-0.15, -0.1) is 0 Å². The second-order valence-electron chi connectivity index (χ2n) is 3.66. The average Bonchev–Trinajstić information content (AvgIpc) is 2.23. The molecule has 0 saturated heterocycles. The van der Waals surface area contributed by atoms with Gasteiger partial charge in [0.25, 0.3) is 0 Å². The first-order chi connectivity index (χ1) is 6.09. The lowest BCUT2D eigenvalue weighted by molar-refractivity contribution is 0.695. The Hall–Kier alpha value is -1.37. The molecule has 0 fully saturated rings. The highest BCUT2D eigenvalue weighted by Crippen LogP contribution is 2.22. The monoisotopic (exact) mass is 173 g/mol. The van der Waals surface area contributed by atoms with Crippen LogP contribution in [0.4, 0.5) is 0 Å². The summed E-state index contributed by atoms with van der Waals surface area (Å²) in [7, 11) is 0. The van der Waals surface area contributed by atoms with Crippen LogP contribution in [0.1, 0.15) is 13.8 Å². The molecule has 1 aliphatic rings. The second-order valence-corrected chi connectivity index (χ2v) is 3.66. The second kappa shape index (κ2) is 3.56. The first kappa shape index (κ1) is 9.72. The molecule has 0 aromatic carbocycles. The van der Waals surface area contributed by atoms with Crippen LogP contribution in [-0.4, -0.2) is 6.21 Å². The molecule has 0 spiro atoms. The molecule has 0 aromatic heterocycles. The fourth-order valence-electron chi connectivity index (χ4n) is 1.09. The van der Waals surface area contributed by atoms with E-state index < -0.39 is 0 Å². The van der Waals surface area contributed by atoms with Gasteiger partial charge in [-0.05, 0) is 11.6 Å². The predicted molar refractivity (Wildman–Crippen MR) is 58.8 cm³/mol. The highest BCUT2D eigenvalue weighted by Gasteiger charge is 2.12. The van der Waals surface area contributed by atoms with E-state index >= 15 is 0 Å². The van der Waals surface area contributed by atoms with Gasteiger partial charge in [-0.3, -0.25) is 4.99 Å². The van der Waals surface area contributed by atoms with Crippen LogP contribution in [-0.2, 0) is 0 Å². The maximum Gasteiger partial charge on any atom is 0.0692 e. The molecule has 1 heteroatoms. The molecule has 68 valence electrons. The van der Waals surface area contributed by atoms with Gasteiger partial charge in [0.2, 0.25) is 0 Å².